The van der Waals surface area contributed by atoms with Gasteiger partial charge in [-0.15, -0.1) is 0 Å². The van der Waals surface area contributed by atoms with Gasteiger partial charge in [-0.3, -0.25) is 4.99 Å². The highest BCUT2D eigenvalue weighted by atomic mass is 16.5. The third-order valence-electron chi connectivity index (χ3n) is 5.57. The number of nitrogens with one attached hydrogen (secondary N) is 2. The monoisotopic (exact) mass is 375 g/mol. The van der Waals surface area contributed by atoms with E-state index in [9.17, 15) is 5.11 Å². The summed E-state index contributed by atoms with van der Waals surface area (Å²) in [5.41, 5.74) is 1.80. The van der Waals surface area contributed by atoms with Gasteiger partial charge in [-0.05, 0) is 45.1 Å². The Bertz CT molecular complexity index is 582. The third-order valence-corrected chi connectivity index (χ3v) is 5.57. The molecule has 27 heavy (non-hydrogen) atoms. The SMILES string of the molecule is CCNC(=NCC(O)(CC)CC)NCC1CCCOC1c1ccc(C)cc1. The first-order chi connectivity index (χ1) is 13.0. The number of aliphatic hydroxyl groups is 1. The van der Waals surface area contributed by atoms with Gasteiger partial charge in [0.2, 0.25) is 0 Å². The van der Waals surface area contributed by atoms with Crippen molar-refractivity contribution < 1.29 is 9.84 Å². The number of benzene rings is 1. The number of rotatable bonds is 8. The number of ether oxygens (including phenoxy) is 1. The highest BCUT2D eigenvalue weighted by Gasteiger charge is 2.28. The highest BCUT2D eigenvalue weighted by Crippen LogP contribution is 2.33. The lowest BCUT2D eigenvalue weighted by atomic mass is 9.89. The molecular formula is C22H37N3O2. The molecule has 1 aliphatic rings. The average molecular weight is 376 g/mol. The Morgan fingerprint density at radius 1 is 1.19 bits per heavy atom. The molecule has 1 heterocycles. The molecule has 0 aliphatic carbocycles. The number of hydrogen-bond acceptors (Lipinski definition) is 3. The molecule has 152 valence electrons. The van der Waals surface area contributed by atoms with Gasteiger partial charge in [-0.25, -0.2) is 0 Å². The fourth-order valence-corrected chi connectivity index (χ4v) is 3.45. The predicted octanol–water partition coefficient (Wildman–Crippen LogP) is 3.57. The van der Waals surface area contributed by atoms with Crippen LogP contribution in [0, 0.1) is 12.8 Å². The highest BCUT2D eigenvalue weighted by molar-refractivity contribution is 5.79. The van der Waals surface area contributed by atoms with Gasteiger partial charge in [0, 0.05) is 25.6 Å². The Hall–Kier alpha value is -1.59. The minimum Gasteiger partial charge on any atom is -0.388 e. The molecule has 2 unspecified atom stereocenters. The Morgan fingerprint density at radius 3 is 2.52 bits per heavy atom. The largest absolute Gasteiger partial charge is 0.388 e. The van der Waals surface area contributed by atoms with Crippen molar-refractivity contribution in [2.75, 3.05) is 26.2 Å². The maximum atomic E-state index is 10.5. The van der Waals surface area contributed by atoms with Gasteiger partial charge in [0.1, 0.15) is 0 Å². The van der Waals surface area contributed by atoms with Gasteiger partial charge in [-0.1, -0.05) is 43.7 Å². The lowest BCUT2D eigenvalue weighted by Crippen LogP contribution is -2.43. The molecule has 3 N–H and O–H groups in total. The molecule has 1 aliphatic heterocycles. The summed E-state index contributed by atoms with van der Waals surface area (Å²) in [5, 5.41) is 17.3. The first kappa shape index (κ1) is 21.7. The molecule has 0 bridgehead atoms. The lowest BCUT2D eigenvalue weighted by molar-refractivity contribution is -0.0265. The van der Waals surface area contributed by atoms with Crippen LogP contribution in [-0.4, -0.2) is 42.9 Å². The molecule has 1 fully saturated rings. The topological polar surface area (TPSA) is 65.9 Å². The lowest BCUT2D eigenvalue weighted by Gasteiger charge is -2.33. The Balaban J connectivity index is 2.01. The van der Waals surface area contributed by atoms with Crippen LogP contribution in [0.5, 0.6) is 0 Å². The minimum atomic E-state index is -0.721. The number of aryl methyl sites for hydroxylation is 1. The molecule has 0 saturated carbocycles. The number of guanidine groups is 1. The van der Waals surface area contributed by atoms with E-state index < -0.39 is 5.60 Å². The summed E-state index contributed by atoms with van der Waals surface area (Å²) in [6.07, 6.45) is 3.77. The number of hydrogen-bond donors (Lipinski definition) is 3. The summed E-state index contributed by atoms with van der Waals surface area (Å²) in [6, 6.07) is 8.67. The second-order valence-electron chi connectivity index (χ2n) is 7.61. The van der Waals surface area contributed by atoms with Crippen molar-refractivity contribution in [3.05, 3.63) is 35.4 Å². The van der Waals surface area contributed by atoms with Crippen molar-refractivity contribution >= 4 is 5.96 Å². The average Bonchev–Trinajstić information content (AvgIpc) is 2.70. The Kier molecular flexibility index (Phi) is 8.58. The van der Waals surface area contributed by atoms with Gasteiger partial charge in [0.05, 0.1) is 18.2 Å². The van der Waals surface area contributed by atoms with E-state index in [1.54, 1.807) is 0 Å². The quantitative estimate of drug-likeness (QED) is 0.480. The van der Waals surface area contributed by atoms with Crippen molar-refractivity contribution in [3.8, 4) is 0 Å². The van der Waals surface area contributed by atoms with Gasteiger partial charge >= 0.3 is 0 Å². The van der Waals surface area contributed by atoms with Crippen molar-refractivity contribution in [1.29, 1.82) is 0 Å². The molecule has 1 aromatic carbocycles. The summed E-state index contributed by atoms with van der Waals surface area (Å²) < 4.78 is 6.12. The first-order valence-electron chi connectivity index (χ1n) is 10.4. The Labute approximate surface area is 164 Å². The fraction of sp³-hybridized carbons (Fsp3) is 0.682. The van der Waals surface area contributed by atoms with Gasteiger partial charge in [0.15, 0.2) is 5.96 Å². The summed E-state index contributed by atoms with van der Waals surface area (Å²) in [7, 11) is 0. The molecule has 5 nitrogen and oxygen atoms in total. The van der Waals surface area contributed by atoms with Crippen LogP contribution in [0.15, 0.2) is 29.3 Å². The smallest absolute Gasteiger partial charge is 0.191 e. The van der Waals surface area contributed by atoms with Gasteiger partial charge in [-0.2, -0.15) is 0 Å². The molecule has 0 aromatic heterocycles. The number of nitrogens with zero attached hydrogens (tertiary/aromatic N) is 1. The molecule has 5 heteroatoms. The molecule has 2 atom stereocenters. The molecule has 0 spiro atoms. The summed E-state index contributed by atoms with van der Waals surface area (Å²) in [4.78, 5) is 4.62. The van der Waals surface area contributed by atoms with E-state index >= 15 is 0 Å². The zero-order valence-electron chi connectivity index (χ0n) is 17.4. The van der Waals surface area contributed by atoms with E-state index in [1.807, 2.05) is 13.8 Å². The van der Waals surface area contributed by atoms with Gasteiger partial charge < -0.3 is 20.5 Å². The zero-order chi connectivity index (χ0) is 19.7. The molecule has 2 rings (SSSR count). The van der Waals surface area contributed by atoms with Crippen LogP contribution in [0.25, 0.3) is 0 Å². The van der Waals surface area contributed by atoms with E-state index in [-0.39, 0.29) is 6.10 Å². The van der Waals surface area contributed by atoms with E-state index in [4.69, 9.17) is 4.74 Å². The molecule has 1 saturated heterocycles. The Morgan fingerprint density at radius 2 is 1.89 bits per heavy atom. The van der Waals surface area contributed by atoms with E-state index in [2.05, 4.69) is 53.7 Å². The van der Waals surface area contributed by atoms with Crippen LogP contribution in [-0.2, 0) is 4.74 Å². The van der Waals surface area contributed by atoms with Crippen LogP contribution in [0.1, 0.15) is 63.7 Å². The normalized spacial score (nSPS) is 21.1. The van der Waals surface area contributed by atoms with Crippen LogP contribution in [0.4, 0.5) is 0 Å². The van der Waals surface area contributed by atoms with E-state index in [1.165, 1.54) is 11.1 Å². The predicted molar refractivity (Wildman–Crippen MR) is 112 cm³/mol. The number of aliphatic imine (C=N–C) groups is 1. The maximum absolute atomic E-state index is 10.5. The first-order valence-corrected chi connectivity index (χ1v) is 10.4. The summed E-state index contributed by atoms with van der Waals surface area (Å²) in [6.45, 7) is 11.0. The zero-order valence-corrected chi connectivity index (χ0v) is 17.4. The van der Waals surface area contributed by atoms with Gasteiger partial charge in [0.25, 0.3) is 0 Å². The molecule has 1 aromatic rings. The maximum Gasteiger partial charge on any atom is 0.191 e. The van der Waals surface area contributed by atoms with Crippen molar-refractivity contribution in [1.82, 2.24) is 10.6 Å². The van der Waals surface area contributed by atoms with E-state index in [0.29, 0.717) is 25.3 Å². The fourth-order valence-electron chi connectivity index (χ4n) is 3.45. The standard InChI is InChI=1S/C22H37N3O2/c1-5-22(26,6-2)16-25-21(23-7-3)24-15-19-9-8-14-27-20(19)18-12-10-17(4)11-13-18/h10-13,19-20,26H,5-9,14-16H2,1-4H3,(H2,23,24,25). The van der Waals surface area contributed by atoms with Crippen molar-refractivity contribution in [3.63, 3.8) is 0 Å². The second kappa shape index (κ2) is 10.7. The summed E-state index contributed by atoms with van der Waals surface area (Å²) >= 11 is 0. The molecule has 0 radical (unpaired) electrons. The summed E-state index contributed by atoms with van der Waals surface area (Å²) in [5.74, 6) is 1.17. The van der Waals surface area contributed by atoms with Crippen LogP contribution in [0.3, 0.4) is 0 Å². The van der Waals surface area contributed by atoms with Crippen LogP contribution in [0.2, 0.25) is 0 Å². The minimum absolute atomic E-state index is 0.123. The van der Waals surface area contributed by atoms with Crippen LogP contribution >= 0.6 is 0 Å². The second-order valence-corrected chi connectivity index (χ2v) is 7.61. The van der Waals surface area contributed by atoms with Crippen LogP contribution < -0.4 is 10.6 Å². The van der Waals surface area contributed by atoms with Crippen molar-refractivity contribution in [2.45, 2.75) is 65.1 Å². The molecule has 0 amide bonds. The third kappa shape index (κ3) is 6.51. The van der Waals surface area contributed by atoms with E-state index in [0.717, 1.165) is 38.5 Å². The molecular weight excluding hydrogens is 338 g/mol. The van der Waals surface area contributed by atoms with Crippen molar-refractivity contribution in [2.24, 2.45) is 10.9 Å².